The van der Waals surface area contributed by atoms with Gasteiger partial charge in [-0.1, -0.05) is 13.8 Å². The molecule has 3 nitrogen and oxygen atoms in total. The number of carbonyl (C=O) groups is 2. The number of carbonyl (C=O) groups excluding carboxylic acids is 2. The number of hydrogen-bond donors (Lipinski definition) is 0. The highest BCUT2D eigenvalue weighted by molar-refractivity contribution is 6.09. The number of amides is 1. The first-order valence-electron chi connectivity index (χ1n) is 6.61. The van der Waals surface area contributed by atoms with Gasteiger partial charge in [0.15, 0.2) is 0 Å². The van der Waals surface area contributed by atoms with Gasteiger partial charge in [-0.2, -0.15) is 0 Å². The van der Waals surface area contributed by atoms with E-state index in [0.29, 0.717) is 18.7 Å². The number of ketones is 1. The molecule has 1 aliphatic heterocycles. The monoisotopic (exact) mass is 263 g/mol. The van der Waals surface area contributed by atoms with E-state index in [1.165, 1.54) is 12.1 Å². The standard InChI is InChI=1S/C15H18FNO2/c1-10(2)14(18)13-4-3-9-17(15(13)19)12-7-5-11(16)6-8-12/h5-8,10,13H,3-4,9H2,1-2H3. The first-order chi connectivity index (χ1) is 9.00. The number of piperidine rings is 1. The van der Waals surface area contributed by atoms with Gasteiger partial charge < -0.3 is 4.90 Å². The van der Waals surface area contributed by atoms with E-state index in [4.69, 9.17) is 0 Å². The Morgan fingerprint density at radius 3 is 2.53 bits per heavy atom. The zero-order chi connectivity index (χ0) is 14.0. The summed E-state index contributed by atoms with van der Waals surface area (Å²) in [6.45, 7) is 4.21. The number of rotatable bonds is 3. The molecule has 1 saturated heterocycles. The van der Waals surface area contributed by atoms with Gasteiger partial charge in [-0.05, 0) is 37.1 Å². The third-order valence-corrected chi connectivity index (χ3v) is 3.49. The Morgan fingerprint density at radius 2 is 1.95 bits per heavy atom. The first kappa shape index (κ1) is 13.7. The molecule has 0 aliphatic carbocycles. The summed E-state index contributed by atoms with van der Waals surface area (Å²) in [4.78, 5) is 26.0. The van der Waals surface area contributed by atoms with Crippen molar-refractivity contribution in [3.05, 3.63) is 30.1 Å². The molecule has 1 aliphatic rings. The highest BCUT2D eigenvalue weighted by Crippen LogP contribution is 2.26. The molecule has 1 fully saturated rings. The van der Waals surface area contributed by atoms with Crippen molar-refractivity contribution in [2.75, 3.05) is 11.4 Å². The van der Waals surface area contributed by atoms with Crippen molar-refractivity contribution in [1.29, 1.82) is 0 Å². The van der Waals surface area contributed by atoms with Crippen molar-refractivity contribution in [2.24, 2.45) is 11.8 Å². The van der Waals surface area contributed by atoms with Crippen LogP contribution in [0.15, 0.2) is 24.3 Å². The van der Waals surface area contributed by atoms with E-state index in [9.17, 15) is 14.0 Å². The molecule has 1 aromatic carbocycles. The Labute approximate surface area is 112 Å². The molecule has 1 unspecified atom stereocenters. The minimum atomic E-state index is -0.543. The molecule has 1 aromatic rings. The molecule has 0 saturated carbocycles. The number of anilines is 1. The molecule has 0 spiro atoms. The van der Waals surface area contributed by atoms with E-state index in [0.717, 1.165) is 6.42 Å². The van der Waals surface area contributed by atoms with Gasteiger partial charge in [-0.25, -0.2) is 4.39 Å². The van der Waals surface area contributed by atoms with Gasteiger partial charge in [-0.15, -0.1) is 0 Å². The summed E-state index contributed by atoms with van der Waals surface area (Å²) in [5.41, 5.74) is 0.660. The van der Waals surface area contributed by atoms with Gasteiger partial charge >= 0.3 is 0 Å². The van der Waals surface area contributed by atoms with Gasteiger partial charge in [0.2, 0.25) is 5.91 Å². The number of hydrogen-bond acceptors (Lipinski definition) is 2. The van der Waals surface area contributed by atoms with Crippen LogP contribution in [0.1, 0.15) is 26.7 Å². The van der Waals surface area contributed by atoms with Crippen LogP contribution in [0.3, 0.4) is 0 Å². The van der Waals surface area contributed by atoms with Crippen LogP contribution in [-0.2, 0) is 9.59 Å². The maximum absolute atomic E-state index is 12.9. The molecule has 0 aromatic heterocycles. The molecule has 1 amide bonds. The molecule has 19 heavy (non-hydrogen) atoms. The van der Waals surface area contributed by atoms with Gasteiger partial charge in [0.25, 0.3) is 0 Å². The van der Waals surface area contributed by atoms with Crippen molar-refractivity contribution in [1.82, 2.24) is 0 Å². The minimum absolute atomic E-state index is 0.00295. The second-order valence-corrected chi connectivity index (χ2v) is 5.22. The van der Waals surface area contributed by atoms with Crippen molar-refractivity contribution >= 4 is 17.4 Å². The summed E-state index contributed by atoms with van der Waals surface area (Å²) < 4.78 is 12.9. The van der Waals surface area contributed by atoms with Crippen LogP contribution in [0.5, 0.6) is 0 Å². The smallest absolute Gasteiger partial charge is 0.237 e. The van der Waals surface area contributed by atoms with E-state index in [1.807, 2.05) is 13.8 Å². The van der Waals surface area contributed by atoms with Crippen LogP contribution in [0.2, 0.25) is 0 Å². The normalized spacial score (nSPS) is 19.9. The lowest BCUT2D eigenvalue weighted by molar-refractivity contribution is -0.135. The molecule has 4 heteroatoms. The number of Topliss-reactive ketones (excluding diaryl/α,β-unsaturated/α-hetero) is 1. The summed E-state index contributed by atoms with van der Waals surface area (Å²) in [5, 5.41) is 0. The quantitative estimate of drug-likeness (QED) is 0.786. The average molecular weight is 263 g/mol. The molecule has 0 radical (unpaired) electrons. The third-order valence-electron chi connectivity index (χ3n) is 3.49. The van der Waals surface area contributed by atoms with Crippen molar-refractivity contribution in [3.8, 4) is 0 Å². The second-order valence-electron chi connectivity index (χ2n) is 5.22. The van der Waals surface area contributed by atoms with Crippen LogP contribution in [0.4, 0.5) is 10.1 Å². The van der Waals surface area contributed by atoms with Gasteiger partial charge in [0.1, 0.15) is 11.6 Å². The fourth-order valence-corrected chi connectivity index (χ4v) is 2.42. The lowest BCUT2D eigenvalue weighted by Gasteiger charge is -2.32. The minimum Gasteiger partial charge on any atom is -0.312 e. The number of nitrogens with zero attached hydrogens (tertiary/aromatic N) is 1. The van der Waals surface area contributed by atoms with Crippen molar-refractivity contribution < 1.29 is 14.0 Å². The van der Waals surface area contributed by atoms with Crippen LogP contribution in [0.25, 0.3) is 0 Å². The highest BCUT2D eigenvalue weighted by atomic mass is 19.1. The largest absolute Gasteiger partial charge is 0.312 e. The van der Waals surface area contributed by atoms with Gasteiger partial charge in [0, 0.05) is 18.2 Å². The maximum Gasteiger partial charge on any atom is 0.237 e. The Bertz CT molecular complexity index is 481. The SMILES string of the molecule is CC(C)C(=O)C1CCCN(c2ccc(F)cc2)C1=O. The summed E-state index contributed by atoms with van der Waals surface area (Å²) in [7, 11) is 0. The number of benzene rings is 1. The zero-order valence-electron chi connectivity index (χ0n) is 11.2. The molecule has 102 valence electrons. The lowest BCUT2D eigenvalue weighted by atomic mass is 9.87. The van der Waals surface area contributed by atoms with Crippen LogP contribution < -0.4 is 4.90 Å². The molecule has 1 heterocycles. The van der Waals surface area contributed by atoms with E-state index in [1.54, 1.807) is 17.0 Å². The maximum atomic E-state index is 12.9. The Balaban J connectivity index is 2.21. The third kappa shape index (κ3) is 2.83. The van der Waals surface area contributed by atoms with Crippen LogP contribution in [0, 0.1) is 17.7 Å². The Kier molecular flexibility index (Phi) is 3.98. The molecule has 0 N–H and O–H groups in total. The highest BCUT2D eigenvalue weighted by Gasteiger charge is 2.35. The van der Waals surface area contributed by atoms with E-state index in [2.05, 4.69) is 0 Å². The summed E-state index contributed by atoms with van der Waals surface area (Å²) in [6.07, 6.45) is 1.42. The van der Waals surface area contributed by atoms with E-state index < -0.39 is 5.92 Å². The second kappa shape index (κ2) is 5.51. The average Bonchev–Trinajstić information content (AvgIpc) is 2.39. The zero-order valence-corrected chi connectivity index (χ0v) is 11.2. The molecular formula is C15H18FNO2. The predicted octanol–water partition coefficient (Wildman–Crippen LogP) is 2.79. The van der Waals surface area contributed by atoms with E-state index in [-0.39, 0.29) is 23.4 Å². The Morgan fingerprint density at radius 1 is 1.32 bits per heavy atom. The fraction of sp³-hybridized carbons (Fsp3) is 0.467. The lowest BCUT2D eigenvalue weighted by Crippen LogP contribution is -2.45. The molecule has 1 atom stereocenters. The van der Waals surface area contributed by atoms with E-state index >= 15 is 0 Å². The molecular weight excluding hydrogens is 245 g/mol. The summed E-state index contributed by atoms with van der Waals surface area (Å²) in [6, 6.07) is 5.82. The predicted molar refractivity (Wildman–Crippen MR) is 71.3 cm³/mol. The van der Waals surface area contributed by atoms with Crippen molar-refractivity contribution in [3.63, 3.8) is 0 Å². The topological polar surface area (TPSA) is 37.4 Å². The summed E-state index contributed by atoms with van der Waals surface area (Å²) >= 11 is 0. The molecule has 2 rings (SSSR count). The Hall–Kier alpha value is -1.71. The first-order valence-corrected chi connectivity index (χ1v) is 6.61. The van der Waals surface area contributed by atoms with Gasteiger partial charge in [0.05, 0.1) is 5.92 Å². The van der Waals surface area contributed by atoms with Crippen molar-refractivity contribution in [2.45, 2.75) is 26.7 Å². The molecule has 0 bridgehead atoms. The van der Waals surface area contributed by atoms with Crippen LogP contribution in [-0.4, -0.2) is 18.2 Å². The number of halogens is 1. The van der Waals surface area contributed by atoms with Crippen LogP contribution >= 0.6 is 0 Å². The van der Waals surface area contributed by atoms with Gasteiger partial charge in [-0.3, -0.25) is 9.59 Å². The summed E-state index contributed by atoms with van der Waals surface area (Å²) in [5.74, 6) is -1.17. The fourth-order valence-electron chi connectivity index (χ4n) is 2.42.